The van der Waals surface area contributed by atoms with E-state index in [-0.39, 0.29) is 5.69 Å². The van der Waals surface area contributed by atoms with Crippen molar-refractivity contribution in [2.75, 3.05) is 25.6 Å². The Kier molecular flexibility index (Phi) is 2.32. The minimum Gasteiger partial charge on any atom is -0.497 e. The lowest BCUT2D eigenvalue weighted by molar-refractivity contribution is -0.178. The lowest BCUT2D eigenvalue weighted by Gasteiger charge is -2.19. The number of benzene rings is 1. The summed E-state index contributed by atoms with van der Waals surface area (Å²) in [6.45, 7) is 0.627. The third-order valence-corrected chi connectivity index (χ3v) is 3.01. The Morgan fingerprint density at radius 2 is 2.11 bits per heavy atom. The molecule has 0 bridgehead atoms. The molecular weight excluding hydrogens is 240 g/mol. The van der Waals surface area contributed by atoms with Gasteiger partial charge in [-0.25, -0.2) is 0 Å². The molecule has 94 valence electrons. The molecule has 0 unspecified atom stereocenters. The minimum absolute atomic E-state index is 0.0914. The van der Waals surface area contributed by atoms with Gasteiger partial charge in [-0.1, -0.05) is 0 Å². The fourth-order valence-electron chi connectivity index (χ4n) is 2.20. The SMILES string of the molecule is COc1cc(N=O)c2c(c1)C1(OCCO1)C(=O)N2. The van der Waals surface area contributed by atoms with E-state index in [1.807, 2.05) is 0 Å². The van der Waals surface area contributed by atoms with E-state index in [2.05, 4.69) is 10.5 Å². The summed E-state index contributed by atoms with van der Waals surface area (Å²) in [4.78, 5) is 22.8. The molecule has 1 amide bonds. The molecule has 0 radical (unpaired) electrons. The first-order valence-corrected chi connectivity index (χ1v) is 5.36. The molecule has 1 spiro atoms. The maximum Gasteiger partial charge on any atom is 0.290 e. The number of rotatable bonds is 2. The molecule has 2 heterocycles. The van der Waals surface area contributed by atoms with Crippen LogP contribution in [0.25, 0.3) is 0 Å². The molecule has 1 saturated heterocycles. The Morgan fingerprint density at radius 3 is 2.72 bits per heavy atom. The van der Waals surface area contributed by atoms with Crippen molar-refractivity contribution in [3.05, 3.63) is 22.6 Å². The number of nitroso groups, excluding NO2 is 1. The Morgan fingerprint density at radius 1 is 1.39 bits per heavy atom. The number of hydrogen-bond acceptors (Lipinski definition) is 6. The van der Waals surface area contributed by atoms with Gasteiger partial charge in [0, 0.05) is 6.07 Å². The minimum atomic E-state index is -1.47. The zero-order valence-corrected chi connectivity index (χ0v) is 9.56. The predicted molar refractivity (Wildman–Crippen MR) is 60.7 cm³/mol. The van der Waals surface area contributed by atoms with Gasteiger partial charge in [-0.3, -0.25) is 4.79 Å². The van der Waals surface area contributed by atoms with Crippen LogP contribution in [0.15, 0.2) is 17.3 Å². The van der Waals surface area contributed by atoms with Crippen molar-refractivity contribution in [1.82, 2.24) is 0 Å². The van der Waals surface area contributed by atoms with Gasteiger partial charge in [0.2, 0.25) is 0 Å². The van der Waals surface area contributed by atoms with Crippen LogP contribution in [0.3, 0.4) is 0 Å². The maximum atomic E-state index is 12.0. The second-order valence-corrected chi connectivity index (χ2v) is 3.93. The number of fused-ring (bicyclic) bond motifs is 2. The van der Waals surface area contributed by atoms with Crippen molar-refractivity contribution in [1.29, 1.82) is 0 Å². The fourth-order valence-corrected chi connectivity index (χ4v) is 2.20. The standard InChI is InChI=1S/C11H10N2O5/c1-16-6-4-7-9(8(5-6)13-15)12-10(14)11(7)17-2-3-18-11/h4-5H,2-3H2,1H3,(H,12,14). The molecule has 3 rings (SSSR count). The molecule has 0 atom stereocenters. The zero-order valence-electron chi connectivity index (χ0n) is 9.56. The Labute approximate surface area is 102 Å². The second kappa shape index (κ2) is 3.76. The van der Waals surface area contributed by atoms with Crippen molar-refractivity contribution in [3.63, 3.8) is 0 Å². The smallest absolute Gasteiger partial charge is 0.290 e. The highest BCUT2D eigenvalue weighted by Crippen LogP contribution is 2.48. The van der Waals surface area contributed by atoms with Crippen LogP contribution in [0.4, 0.5) is 11.4 Å². The summed E-state index contributed by atoms with van der Waals surface area (Å²) in [5, 5.41) is 5.45. The van der Waals surface area contributed by atoms with Gasteiger partial charge in [-0.15, -0.1) is 4.91 Å². The van der Waals surface area contributed by atoms with Crippen LogP contribution in [0.2, 0.25) is 0 Å². The third-order valence-electron chi connectivity index (χ3n) is 3.01. The maximum absolute atomic E-state index is 12.0. The number of nitrogens with zero attached hydrogens (tertiary/aromatic N) is 1. The van der Waals surface area contributed by atoms with Crippen molar-refractivity contribution in [2.24, 2.45) is 5.18 Å². The molecule has 18 heavy (non-hydrogen) atoms. The van der Waals surface area contributed by atoms with E-state index >= 15 is 0 Å². The quantitative estimate of drug-likeness (QED) is 0.798. The summed E-state index contributed by atoms with van der Waals surface area (Å²) < 4.78 is 15.9. The monoisotopic (exact) mass is 250 g/mol. The topological polar surface area (TPSA) is 86.2 Å². The van der Waals surface area contributed by atoms with Crippen molar-refractivity contribution < 1.29 is 19.0 Å². The largest absolute Gasteiger partial charge is 0.497 e. The molecule has 0 aliphatic carbocycles. The molecular formula is C11H10N2O5. The van der Waals surface area contributed by atoms with Crippen molar-refractivity contribution in [3.8, 4) is 5.75 Å². The average Bonchev–Trinajstić information content (AvgIpc) is 2.98. The lowest BCUT2D eigenvalue weighted by Crippen LogP contribution is -2.35. The summed E-state index contributed by atoms with van der Waals surface area (Å²) in [6, 6.07) is 3.05. The highest BCUT2D eigenvalue weighted by molar-refractivity contribution is 6.07. The number of carbonyl (C=O) groups excluding carboxylic acids is 1. The number of anilines is 1. The zero-order chi connectivity index (χ0) is 12.8. The average molecular weight is 250 g/mol. The molecule has 7 heteroatoms. The lowest BCUT2D eigenvalue weighted by atomic mass is 10.1. The fraction of sp³-hybridized carbons (Fsp3) is 0.364. The Hall–Kier alpha value is -1.99. The Bertz CT molecular complexity index is 536. The van der Waals surface area contributed by atoms with Crippen LogP contribution in [-0.2, 0) is 20.1 Å². The normalized spacial score (nSPS) is 19.7. The van der Waals surface area contributed by atoms with Gasteiger partial charge in [0.25, 0.3) is 11.7 Å². The van der Waals surface area contributed by atoms with Crippen LogP contribution < -0.4 is 10.1 Å². The molecule has 7 nitrogen and oxygen atoms in total. The first-order chi connectivity index (χ1) is 8.71. The van der Waals surface area contributed by atoms with Crippen LogP contribution >= 0.6 is 0 Å². The van der Waals surface area contributed by atoms with Gasteiger partial charge >= 0.3 is 0 Å². The van der Waals surface area contributed by atoms with Gasteiger partial charge < -0.3 is 19.5 Å². The van der Waals surface area contributed by atoms with Gasteiger partial charge in [-0.05, 0) is 11.2 Å². The predicted octanol–water partition coefficient (Wildman–Crippen LogP) is 1.24. The number of methoxy groups -OCH3 is 1. The summed E-state index contributed by atoms with van der Waals surface area (Å²) >= 11 is 0. The van der Waals surface area contributed by atoms with Crippen LogP contribution in [-0.4, -0.2) is 26.2 Å². The number of hydrogen-bond donors (Lipinski definition) is 1. The number of ether oxygens (including phenoxy) is 3. The van der Waals surface area contributed by atoms with E-state index in [9.17, 15) is 9.70 Å². The number of nitrogens with one attached hydrogen (secondary N) is 1. The molecule has 2 aliphatic rings. The van der Waals surface area contributed by atoms with Gasteiger partial charge in [0.05, 0.1) is 31.6 Å². The second-order valence-electron chi connectivity index (χ2n) is 3.93. The highest BCUT2D eigenvalue weighted by atomic mass is 16.7. The molecule has 0 saturated carbocycles. The summed E-state index contributed by atoms with van der Waals surface area (Å²) in [5.41, 5.74) is 0.838. The van der Waals surface area contributed by atoms with E-state index in [0.717, 1.165) is 0 Å². The summed E-state index contributed by atoms with van der Waals surface area (Å²) in [5.74, 6) is -1.50. The van der Waals surface area contributed by atoms with Gasteiger partial charge in [0.1, 0.15) is 11.4 Å². The van der Waals surface area contributed by atoms with E-state index in [0.29, 0.717) is 30.2 Å². The molecule has 0 aromatic heterocycles. The number of carbonyl (C=O) groups is 1. The van der Waals surface area contributed by atoms with Gasteiger partial charge in [-0.2, -0.15) is 0 Å². The van der Waals surface area contributed by atoms with Crippen LogP contribution in [0.1, 0.15) is 5.56 Å². The summed E-state index contributed by atoms with van der Waals surface area (Å²) in [6.07, 6.45) is 0. The van der Waals surface area contributed by atoms with E-state index in [1.165, 1.54) is 13.2 Å². The van der Waals surface area contributed by atoms with Crippen molar-refractivity contribution in [2.45, 2.75) is 5.79 Å². The molecule has 1 fully saturated rings. The van der Waals surface area contributed by atoms with Crippen molar-refractivity contribution >= 4 is 17.3 Å². The van der Waals surface area contributed by atoms with Gasteiger partial charge in [0.15, 0.2) is 0 Å². The molecule has 1 aromatic carbocycles. The summed E-state index contributed by atoms with van der Waals surface area (Å²) in [7, 11) is 1.46. The first-order valence-electron chi connectivity index (χ1n) is 5.36. The van der Waals surface area contributed by atoms with E-state index in [4.69, 9.17) is 14.2 Å². The Balaban J connectivity index is 2.23. The van der Waals surface area contributed by atoms with E-state index < -0.39 is 11.7 Å². The molecule has 1 aromatic rings. The van der Waals surface area contributed by atoms with Crippen LogP contribution in [0, 0.1) is 4.91 Å². The van der Waals surface area contributed by atoms with E-state index in [1.54, 1.807) is 6.07 Å². The third kappa shape index (κ3) is 1.28. The molecule has 1 N–H and O–H groups in total. The number of amides is 1. The first kappa shape index (κ1) is 11.1. The van der Waals surface area contributed by atoms with Crippen LogP contribution in [0.5, 0.6) is 5.75 Å². The highest BCUT2D eigenvalue weighted by Gasteiger charge is 2.53. The molecule has 2 aliphatic heterocycles.